The molecular formula is C22H25N5O4S2. The van der Waals surface area contributed by atoms with Crippen LogP contribution >= 0.6 is 11.8 Å². The highest BCUT2D eigenvalue weighted by atomic mass is 32.2. The predicted molar refractivity (Wildman–Crippen MR) is 126 cm³/mol. The SMILES string of the molecule is COc1ccc(-n2cnnc2SCC(=O)Nc2ccc(S(=O)(=O)N3CCCCC3)cc2)cc1. The lowest BCUT2D eigenvalue weighted by Gasteiger charge is -2.25. The molecule has 2 aromatic carbocycles. The van der Waals surface area contributed by atoms with Gasteiger partial charge in [-0.3, -0.25) is 9.36 Å². The van der Waals surface area contributed by atoms with Crippen molar-refractivity contribution in [1.82, 2.24) is 19.1 Å². The fourth-order valence-corrected chi connectivity index (χ4v) is 5.78. The van der Waals surface area contributed by atoms with Gasteiger partial charge in [-0.05, 0) is 61.4 Å². The number of carbonyl (C=O) groups is 1. The number of piperidine rings is 1. The van der Waals surface area contributed by atoms with Crippen molar-refractivity contribution in [2.75, 3.05) is 31.3 Å². The summed E-state index contributed by atoms with van der Waals surface area (Å²) in [7, 11) is -1.89. The number of nitrogens with one attached hydrogen (secondary N) is 1. The summed E-state index contributed by atoms with van der Waals surface area (Å²) in [6, 6.07) is 13.7. The molecule has 0 bridgehead atoms. The van der Waals surface area contributed by atoms with Crippen molar-refractivity contribution in [3.8, 4) is 11.4 Å². The van der Waals surface area contributed by atoms with Crippen LogP contribution in [-0.4, -0.2) is 59.3 Å². The second-order valence-corrected chi connectivity index (χ2v) is 10.4. The molecule has 1 saturated heterocycles. The zero-order valence-electron chi connectivity index (χ0n) is 18.2. The predicted octanol–water partition coefficient (Wildman–Crippen LogP) is 3.18. The molecule has 0 aliphatic carbocycles. The van der Waals surface area contributed by atoms with Crippen LogP contribution < -0.4 is 10.1 Å². The number of hydrogen-bond donors (Lipinski definition) is 1. The summed E-state index contributed by atoms with van der Waals surface area (Å²) in [6.07, 6.45) is 4.42. The second-order valence-electron chi connectivity index (χ2n) is 7.51. The lowest BCUT2D eigenvalue weighted by atomic mass is 10.2. The van der Waals surface area contributed by atoms with Crippen LogP contribution in [0.25, 0.3) is 5.69 Å². The number of benzene rings is 2. The molecule has 3 aromatic rings. The standard InChI is InChI=1S/C22H25N5O4S2/c1-31-19-9-7-18(8-10-19)27-16-23-25-22(27)32-15-21(28)24-17-5-11-20(12-6-17)33(29,30)26-13-3-2-4-14-26/h5-12,16H,2-4,13-15H2,1H3,(H,24,28). The number of rotatable bonds is 8. The number of sulfonamides is 1. The molecule has 0 atom stereocenters. The van der Waals surface area contributed by atoms with Crippen LogP contribution in [0.5, 0.6) is 5.75 Å². The summed E-state index contributed by atoms with van der Waals surface area (Å²) < 4.78 is 34.0. The van der Waals surface area contributed by atoms with Gasteiger partial charge in [0.1, 0.15) is 12.1 Å². The van der Waals surface area contributed by atoms with Crippen molar-refractivity contribution in [2.45, 2.75) is 29.3 Å². The number of carbonyl (C=O) groups excluding carboxylic acids is 1. The van der Waals surface area contributed by atoms with E-state index in [0.29, 0.717) is 23.9 Å². The maximum Gasteiger partial charge on any atom is 0.243 e. The fourth-order valence-electron chi connectivity index (χ4n) is 3.53. The van der Waals surface area contributed by atoms with E-state index in [0.717, 1.165) is 30.7 Å². The first-order valence-corrected chi connectivity index (χ1v) is 13.0. The fraction of sp³-hybridized carbons (Fsp3) is 0.318. The zero-order chi connectivity index (χ0) is 23.3. The third-order valence-corrected chi connectivity index (χ3v) is 8.15. The molecule has 1 aliphatic rings. The van der Waals surface area contributed by atoms with Gasteiger partial charge < -0.3 is 10.1 Å². The summed E-state index contributed by atoms with van der Waals surface area (Å²) in [4.78, 5) is 12.7. The number of methoxy groups -OCH3 is 1. The molecular weight excluding hydrogens is 462 g/mol. The Morgan fingerprint density at radius 2 is 1.76 bits per heavy atom. The molecule has 0 unspecified atom stereocenters. The summed E-state index contributed by atoms with van der Waals surface area (Å²) in [5, 5.41) is 11.4. The summed E-state index contributed by atoms with van der Waals surface area (Å²) in [5.41, 5.74) is 1.39. The lowest BCUT2D eigenvalue weighted by Crippen LogP contribution is -2.35. The Kier molecular flexibility index (Phi) is 7.31. The van der Waals surface area contributed by atoms with Crippen molar-refractivity contribution in [3.05, 3.63) is 54.9 Å². The van der Waals surface area contributed by atoms with Crippen LogP contribution in [0.3, 0.4) is 0 Å². The minimum absolute atomic E-state index is 0.128. The van der Waals surface area contributed by atoms with Crippen molar-refractivity contribution in [1.29, 1.82) is 0 Å². The van der Waals surface area contributed by atoms with Gasteiger partial charge >= 0.3 is 0 Å². The third kappa shape index (κ3) is 5.55. The van der Waals surface area contributed by atoms with Crippen molar-refractivity contribution >= 4 is 33.4 Å². The molecule has 174 valence electrons. The van der Waals surface area contributed by atoms with E-state index in [2.05, 4.69) is 15.5 Å². The number of thioether (sulfide) groups is 1. The van der Waals surface area contributed by atoms with E-state index < -0.39 is 10.0 Å². The largest absolute Gasteiger partial charge is 0.497 e. The van der Waals surface area contributed by atoms with Gasteiger partial charge in [0.25, 0.3) is 0 Å². The molecule has 1 amide bonds. The number of anilines is 1. The van der Waals surface area contributed by atoms with Crippen LogP contribution in [0, 0.1) is 0 Å². The molecule has 11 heteroatoms. The maximum atomic E-state index is 12.8. The smallest absolute Gasteiger partial charge is 0.243 e. The van der Waals surface area contributed by atoms with Gasteiger partial charge in [0.05, 0.1) is 17.8 Å². The number of aromatic nitrogens is 3. The molecule has 1 N–H and O–H groups in total. The maximum absolute atomic E-state index is 12.8. The van der Waals surface area contributed by atoms with E-state index in [1.54, 1.807) is 30.1 Å². The second kappa shape index (κ2) is 10.4. The Bertz CT molecular complexity index is 1190. The van der Waals surface area contributed by atoms with Gasteiger partial charge in [-0.2, -0.15) is 4.31 Å². The Morgan fingerprint density at radius 3 is 2.42 bits per heavy atom. The van der Waals surface area contributed by atoms with Crippen LogP contribution in [0.2, 0.25) is 0 Å². The van der Waals surface area contributed by atoms with Gasteiger partial charge in [0.15, 0.2) is 5.16 Å². The Balaban J connectivity index is 1.35. The van der Waals surface area contributed by atoms with E-state index >= 15 is 0 Å². The summed E-state index contributed by atoms with van der Waals surface area (Å²) >= 11 is 1.26. The number of nitrogens with zero attached hydrogens (tertiary/aromatic N) is 4. The lowest BCUT2D eigenvalue weighted by molar-refractivity contribution is -0.113. The van der Waals surface area contributed by atoms with Gasteiger partial charge in [-0.15, -0.1) is 10.2 Å². The first-order chi connectivity index (χ1) is 16.0. The van der Waals surface area contributed by atoms with E-state index in [1.165, 1.54) is 28.2 Å². The Labute approximate surface area is 197 Å². The van der Waals surface area contributed by atoms with Crippen molar-refractivity contribution in [2.24, 2.45) is 0 Å². The van der Waals surface area contributed by atoms with Gasteiger partial charge in [0.2, 0.25) is 15.9 Å². The molecule has 0 saturated carbocycles. The monoisotopic (exact) mass is 487 g/mol. The zero-order valence-corrected chi connectivity index (χ0v) is 19.8. The minimum Gasteiger partial charge on any atom is -0.497 e. The average Bonchev–Trinajstić information content (AvgIpc) is 3.32. The summed E-state index contributed by atoms with van der Waals surface area (Å²) in [5.74, 6) is 0.647. The Hall–Kier alpha value is -2.89. The average molecular weight is 488 g/mol. The van der Waals surface area contributed by atoms with Crippen molar-refractivity contribution < 1.29 is 17.9 Å². The van der Waals surface area contributed by atoms with Crippen LogP contribution in [0.1, 0.15) is 19.3 Å². The molecule has 0 radical (unpaired) electrons. The minimum atomic E-state index is -3.49. The van der Waals surface area contributed by atoms with E-state index in [-0.39, 0.29) is 16.6 Å². The van der Waals surface area contributed by atoms with E-state index in [1.807, 2.05) is 24.3 Å². The first kappa shape index (κ1) is 23.3. The molecule has 2 heterocycles. The van der Waals surface area contributed by atoms with E-state index in [9.17, 15) is 13.2 Å². The highest BCUT2D eigenvalue weighted by molar-refractivity contribution is 7.99. The van der Waals surface area contributed by atoms with Gasteiger partial charge in [-0.25, -0.2) is 8.42 Å². The first-order valence-electron chi connectivity index (χ1n) is 10.5. The molecule has 4 rings (SSSR count). The normalized spacial score (nSPS) is 14.7. The number of amides is 1. The molecule has 1 aliphatic heterocycles. The summed E-state index contributed by atoms with van der Waals surface area (Å²) in [6.45, 7) is 1.11. The third-order valence-electron chi connectivity index (χ3n) is 5.29. The number of ether oxygens (including phenoxy) is 1. The Morgan fingerprint density at radius 1 is 1.06 bits per heavy atom. The molecule has 1 fully saturated rings. The van der Waals surface area contributed by atoms with Crippen molar-refractivity contribution in [3.63, 3.8) is 0 Å². The van der Waals surface area contributed by atoms with Crippen LogP contribution in [-0.2, 0) is 14.8 Å². The van der Waals surface area contributed by atoms with Crippen LogP contribution in [0.15, 0.2) is 64.9 Å². The molecule has 33 heavy (non-hydrogen) atoms. The van der Waals surface area contributed by atoms with Crippen LogP contribution in [0.4, 0.5) is 5.69 Å². The molecule has 1 aromatic heterocycles. The van der Waals surface area contributed by atoms with Gasteiger partial charge in [-0.1, -0.05) is 18.2 Å². The topological polar surface area (TPSA) is 106 Å². The quantitative estimate of drug-likeness (QED) is 0.486. The highest BCUT2D eigenvalue weighted by Crippen LogP contribution is 2.24. The highest BCUT2D eigenvalue weighted by Gasteiger charge is 2.25. The molecule has 9 nitrogen and oxygen atoms in total. The number of hydrogen-bond acceptors (Lipinski definition) is 7. The van der Waals surface area contributed by atoms with Gasteiger partial charge in [0, 0.05) is 24.5 Å². The molecule has 0 spiro atoms. The van der Waals surface area contributed by atoms with E-state index in [4.69, 9.17) is 4.74 Å².